The van der Waals surface area contributed by atoms with Crippen molar-refractivity contribution in [3.05, 3.63) is 121 Å². The first kappa shape index (κ1) is 17.8. The number of hydrogen-bond donors (Lipinski definition) is 1. The minimum atomic E-state index is 1.10. The topological polar surface area (TPSA) is 15.8 Å². The molecule has 136 valence electrons. The molecule has 0 amide bonds. The highest BCUT2D eigenvalue weighted by atomic mass is 14.7. The average molecular weight is 361 g/mol. The van der Waals surface area contributed by atoms with Crippen LogP contribution in [0.15, 0.2) is 110 Å². The first-order chi connectivity index (χ1) is 13.9. The third-order valence-corrected chi connectivity index (χ3v) is 5.12. The highest BCUT2D eigenvalue weighted by molar-refractivity contribution is 6.06. The number of fused-ring (bicyclic) bond motifs is 6. The lowest BCUT2D eigenvalue weighted by Gasteiger charge is -1.98. The van der Waals surface area contributed by atoms with Gasteiger partial charge in [-0.3, -0.25) is 0 Å². The van der Waals surface area contributed by atoms with Gasteiger partial charge < -0.3 is 4.98 Å². The molecule has 4 aromatic carbocycles. The van der Waals surface area contributed by atoms with Crippen LogP contribution in [0, 0.1) is 0 Å². The van der Waals surface area contributed by atoms with Crippen molar-refractivity contribution in [2.75, 3.05) is 0 Å². The van der Waals surface area contributed by atoms with E-state index in [0.717, 1.165) is 6.42 Å². The standard InChI is InChI=1S/C13H10.C12H9N.C2H4/c1-3-7-12-10(5-1)9-11-6-2-4-8-13(11)12;1-3-7-11-9(5-1)10-6-2-4-8-12(10)13-11;1-2/h1-8H,9H2;1-8,13H;1-2H2. The van der Waals surface area contributed by atoms with Crippen LogP contribution in [0.4, 0.5) is 0 Å². The summed E-state index contributed by atoms with van der Waals surface area (Å²) >= 11 is 0. The van der Waals surface area contributed by atoms with Crippen molar-refractivity contribution in [3.63, 3.8) is 0 Å². The Balaban J connectivity index is 0.000000126. The van der Waals surface area contributed by atoms with E-state index in [-0.39, 0.29) is 0 Å². The van der Waals surface area contributed by atoms with E-state index in [1.165, 1.54) is 44.1 Å². The fourth-order valence-electron chi connectivity index (χ4n) is 3.88. The Morgan fingerprint density at radius 2 is 0.893 bits per heavy atom. The number of rotatable bonds is 0. The maximum absolute atomic E-state index is 3.38. The van der Waals surface area contributed by atoms with Crippen LogP contribution in [0.25, 0.3) is 32.9 Å². The lowest BCUT2D eigenvalue weighted by molar-refractivity contribution is 1.26. The molecule has 5 aromatic rings. The molecular weight excluding hydrogens is 338 g/mol. The van der Waals surface area contributed by atoms with Gasteiger partial charge in [-0.15, -0.1) is 13.2 Å². The SMILES string of the molecule is C=C.c1ccc2c(c1)Cc1ccccc1-2.c1ccc2c(c1)[nH]c1ccccc12. The quantitative estimate of drug-likeness (QED) is 0.272. The molecule has 6 rings (SSSR count). The molecule has 1 aliphatic rings. The number of aromatic amines is 1. The third-order valence-electron chi connectivity index (χ3n) is 5.12. The van der Waals surface area contributed by atoms with Crippen LogP contribution in [0.2, 0.25) is 0 Å². The van der Waals surface area contributed by atoms with Gasteiger partial charge in [-0.2, -0.15) is 0 Å². The molecule has 28 heavy (non-hydrogen) atoms. The second-order valence-corrected chi connectivity index (χ2v) is 6.71. The summed E-state index contributed by atoms with van der Waals surface area (Å²) in [5.74, 6) is 0. The summed E-state index contributed by atoms with van der Waals surface area (Å²) in [7, 11) is 0. The molecule has 0 saturated heterocycles. The molecule has 1 nitrogen and oxygen atoms in total. The van der Waals surface area contributed by atoms with Crippen molar-refractivity contribution < 1.29 is 0 Å². The summed E-state index contributed by atoms with van der Waals surface area (Å²) in [5.41, 5.74) is 8.18. The summed E-state index contributed by atoms with van der Waals surface area (Å²) in [5, 5.41) is 2.61. The van der Waals surface area contributed by atoms with Crippen molar-refractivity contribution in [1.29, 1.82) is 0 Å². The molecule has 1 heteroatoms. The Bertz CT molecular complexity index is 1140. The number of aromatic nitrogens is 1. The summed E-state index contributed by atoms with van der Waals surface area (Å²) in [6.45, 7) is 6.00. The molecule has 1 aliphatic carbocycles. The van der Waals surface area contributed by atoms with Gasteiger partial charge in [0.15, 0.2) is 0 Å². The second-order valence-electron chi connectivity index (χ2n) is 6.71. The first-order valence-electron chi connectivity index (χ1n) is 9.52. The van der Waals surface area contributed by atoms with Gasteiger partial charge in [0, 0.05) is 21.8 Å². The average Bonchev–Trinajstić information content (AvgIpc) is 3.34. The molecule has 0 spiro atoms. The van der Waals surface area contributed by atoms with Crippen LogP contribution in [0.5, 0.6) is 0 Å². The molecule has 0 radical (unpaired) electrons. The van der Waals surface area contributed by atoms with E-state index < -0.39 is 0 Å². The molecule has 1 heterocycles. The number of hydrogen-bond acceptors (Lipinski definition) is 0. The lowest BCUT2D eigenvalue weighted by Crippen LogP contribution is -1.77. The molecule has 0 atom stereocenters. The third kappa shape index (κ3) is 3.23. The Morgan fingerprint density at radius 3 is 1.39 bits per heavy atom. The van der Waals surface area contributed by atoms with Gasteiger partial charge in [0.1, 0.15) is 0 Å². The normalized spacial score (nSPS) is 11.0. The maximum Gasteiger partial charge on any atom is 0.0464 e. The number of H-pyrrole nitrogens is 1. The molecule has 0 bridgehead atoms. The number of benzene rings is 4. The maximum atomic E-state index is 3.38. The van der Waals surface area contributed by atoms with E-state index in [4.69, 9.17) is 0 Å². The van der Waals surface area contributed by atoms with Gasteiger partial charge in [0.25, 0.3) is 0 Å². The zero-order valence-electron chi connectivity index (χ0n) is 15.9. The molecule has 0 fully saturated rings. The van der Waals surface area contributed by atoms with Gasteiger partial charge in [-0.05, 0) is 40.8 Å². The van der Waals surface area contributed by atoms with Gasteiger partial charge in [-0.25, -0.2) is 0 Å². The van der Waals surface area contributed by atoms with Crippen LogP contribution < -0.4 is 0 Å². The molecular formula is C27H23N. The molecule has 0 saturated carbocycles. The summed E-state index contributed by atoms with van der Waals surface area (Å²) in [4.78, 5) is 3.38. The summed E-state index contributed by atoms with van der Waals surface area (Å²) < 4.78 is 0. The Labute approximate surface area is 166 Å². The van der Waals surface area contributed by atoms with E-state index in [2.05, 4.69) is 115 Å². The predicted molar refractivity (Wildman–Crippen MR) is 122 cm³/mol. The van der Waals surface area contributed by atoms with Gasteiger partial charge >= 0.3 is 0 Å². The fourth-order valence-corrected chi connectivity index (χ4v) is 3.88. The van der Waals surface area contributed by atoms with Crippen molar-refractivity contribution in [1.82, 2.24) is 4.98 Å². The van der Waals surface area contributed by atoms with Crippen LogP contribution in [0.3, 0.4) is 0 Å². The minimum absolute atomic E-state index is 1.10. The lowest BCUT2D eigenvalue weighted by atomic mass is 10.1. The van der Waals surface area contributed by atoms with E-state index in [0.29, 0.717) is 0 Å². The van der Waals surface area contributed by atoms with Crippen molar-refractivity contribution in [3.8, 4) is 11.1 Å². The molecule has 0 aliphatic heterocycles. The Morgan fingerprint density at radius 1 is 0.500 bits per heavy atom. The monoisotopic (exact) mass is 361 g/mol. The fraction of sp³-hybridized carbons (Fsp3) is 0.0370. The van der Waals surface area contributed by atoms with Gasteiger partial charge in [-0.1, -0.05) is 84.9 Å². The zero-order valence-corrected chi connectivity index (χ0v) is 15.9. The number of nitrogens with one attached hydrogen (secondary N) is 1. The van der Waals surface area contributed by atoms with Crippen LogP contribution in [-0.4, -0.2) is 4.98 Å². The van der Waals surface area contributed by atoms with E-state index in [1.54, 1.807) is 0 Å². The van der Waals surface area contributed by atoms with Gasteiger partial charge in [0.2, 0.25) is 0 Å². The second kappa shape index (κ2) is 7.98. The van der Waals surface area contributed by atoms with E-state index in [9.17, 15) is 0 Å². The van der Waals surface area contributed by atoms with E-state index in [1.807, 2.05) is 0 Å². The molecule has 1 aromatic heterocycles. The number of para-hydroxylation sites is 2. The zero-order chi connectivity index (χ0) is 19.3. The molecule has 1 N–H and O–H groups in total. The minimum Gasteiger partial charge on any atom is -0.355 e. The highest BCUT2D eigenvalue weighted by Gasteiger charge is 2.15. The smallest absolute Gasteiger partial charge is 0.0464 e. The summed E-state index contributed by atoms with van der Waals surface area (Å²) in [6, 6.07) is 34.1. The van der Waals surface area contributed by atoms with E-state index >= 15 is 0 Å². The van der Waals surface area contributed by atoms with Crippen molar-refractivity contribution in [2.24, 2.45) is 0 Å². The molecule has 0 unspecified atom stereocenters. The van der Waals surface area contributed by atoms with Crippen LogP contribution in [0.1, 0.15) is 11.1 Å². The highest BCUT2D eigenvalue weighted by Crippen LogP contribution is 2.35. The first-order valence-corrected chi connectivity index (χ1v) is 9.52. The van der Waals surface area contributed by atoms with Crippen molar-refractivity contribution >= 4 is 21.8 Å². The Kier molecular flexibility index (Phi) is 5.07. The van der Waals surface area contributed by atoms with Crippen molar-refractivity contribution in [2.45, 2.75) is 6.42 Å². The van der Waals surface area contributed by atoms with Crippen LogP contribution in [-0.2, 0) is 6.42 Å². The predicted octanol–water partition coefficient (Wildman–Crippen LogP) is 7.38. The summed E-state index contributed by atoms with van der Waals surface area (Å²) in [6.07, 6.45) is 1.10. The van der Waals surface area contributed by atoms with Gasteiger partial charge in [0.05, 0.1) is 0 Å². The van der Waals surface area contributed by atoms with Crippen LogP contribution >= 0.6 is 0 Å². The Hall–Kier alpha value is -3.58. The largest absolute Gasteiger partial charge is 0.355 e.